The SMILES string of the molecule is CC1(C)C2=C(C=CCC2)c2ccc(-c3ccc4cc(I)ccc4c3)cc21. The van der Waals surface area contributed by atoms with Crippen molar-refractivity contribution in [2.24, 2.45) is 0 Å². The maximum atomic E-state index is 2.43. The molecule has 5 rings (SSSR count). The third-order valence-electron chi connectivity index (χ3n) is 6.04. The van der Waals surface area contributed by atoms with Crippen LogP contribution in [0.25, 0.3) is 27.5 Å². The van der Waals surface area contributed by atoms with E-state index in [4.69, 9.17) is 0 Å². The number of fused-ring (bicyclic) bond motifs is 3. The molecule has 0 unspecified atom stereocenters. The summed E-state index contributed by atoms with van der Waals surface area (Å²) < 4.78 is 1.28. The average molecular weight is 448 g/mol. The van der Waals surface area contributed by atoms with Gasteiger partial charge in [0, 0.05) is 8.99 Å². The van der Waals surface area contributed by atoms with E-state index in [1.165, 1.54) is 55.0 Å². The zero-order valence-electron chi connectivity index (χ0n) is 15.1. The Labute approximate surface area is 168 Å². The van der Waals surface area contributed by atoms with Gasteiger partial charge in [-0.3, -0.25) is 0 Å². The van der Waals surface area contributed by atoms with Crippen LogP contribution in [0.15, 0.2) is 72.3 Å². The quantitative estimate of drug-likeness (QED) is 0.338. The van der Waals surface area contributed by atoms with Crippen LogP contribution < -0.4 is 0 Å². The molecule has 0 N–H and O–H groups in total. The second-order valence-electron chi connectivity index (χ2n) is 7.92. The summed E-state index contributed by atoms with van der Waals surface area (Å²) in [4.78, 5) is 0. The molecule has 0 nitrogen and oxygen atoms in total. The van der Waals surface area contributed by atoms with Crippen LogP contribution in [-0.4, -0.2) is 0 Å². The molecule has 0 aromatic heterocycles. The van der Waals surface area contributed by atoms with Gasteiger partial charge in [0.25, 0.3) is 0 Å². The minimum absolute atomic E-state index is 0.137. The first-order chi connectivity index (χ1) is 12.5. The molecule has 0 saturated carbocycles. The molecule has 0 bridgehead atoms. The molecule has 0 atom stereocenters. The van der Waals surface area contributed by atoms with Gasteiger partial charge < -0.3 is 0 Å². The molecular formula is C25H21I. The second-order valence-corrected chi connectivity index (χ2v) is 9.17. The molecule has 0 spiro atoms. The number of rotatable bonds is 1. The first kappa shape index (κ1) is 16.3. The van der Waals surface area contributed by atoms with Gasteiger partial charge in [0.05, 0.1) is 0 Å². The molecule has 0 radical (unpaired) electrons. The smallest absolute Gasteiger partial charge is 0.0136 e. The van der Waals surface area contributed by atoms with Crippen LogP contribution in [0.2, 0.25) is 0 Å². The topological polar surface area (TPSA) is 0 Å². The number of halogens is 1. The lowest BCUT2D eigenvalue weighted by Gasteiger charge is -2.26. The van der Waals surface area contributed by atoms with Crippen LogP contribution in [0.1, 0.15) is 37.8 Å². The van der Waals surface area contributed by atoms with Crippen LogP contribution in [-0.2, 0) is 5.41 Å². The van der Waals surface area contributed by atoms with E-state index in [1.807, 2.05) is 0 Å². The van der Waals surface area contributed by atoms with Crippen molar-refractivity contribution in [2.45, 2.75) is 32.1 Å². The minimum atomic E-state index is 0.137. The highest BCUT2D eigenvalue weighted by Gasteiger charge is 2.37. The summed E-state index contributed by atoms with van der Waals surface area (Å²) in [6.45, 7) is 4.78. The fourth-order valence-electron chi connectivity index (χ4n) is 4.60. The molecule has 0 aliphatic heterocycles. The van der Waals surface area contributed by atoms with Crippen LogP contribution in [0.5, 0.6) is 0 Å². The molecule has 26 heavy (non-hydrogen) atoms. The summed E-state index contributed by atoms with van der Waals surface area (Å²) >= 11 is 2.38. The Kier molecular flexibility index (Phi) is 3.65. The molecule has 0 heterocycles. The monoisotopic (exact) mass is 448 g/mol. The van der Waals surface area contributed by atoms with Gasteiger partial charge in [-0.1, -0.05) is 61.9 Å². The Hall–Kier alpha value is -1.87. The number of hydrogen-bond acceptors (Lipinski definition) is 0. The average Bonchev–Trinajstić information content (AvgIpc) is 2.89. The van der Waals surface area contributed by atoms with Crippen molar-refractivity contribution in [3.05, 3.63) is 87.0 Å². The molecule has 3 aromatic carbocycles. The van der Waals surface area contributed by atoms with Crippen LogP contribution >= 0.6 is 22.6 Å². The lowest BCUT2D eigenvalue weighted by atomic mass is 9.78. The van der Waals surface area contributed by atoms with E-state index in [1.54, 1.807) is 5.57 Å². The van der Waals surface area contributed by atoms with Crippen molar-refractivity contribution in [1.82, 2.24) is 0 Å². The molecule has 0 amide bonds. The summed E-state index contributed by atoms with van der Waals surface area (Å²) in [5.41, 5.74) is 8.75. The summed E-state index contributed by atoms with van der Waals surface area (Å²) in [6, 6.07) is 20.5. The zero-order valence-corrected chi connectivity index (χ0v) is 17.3. The maximum absolute atomic E-state index is 2.43. The Bertz CT molecular complexity index is 1110. The lowest BCUT2D eigenvalue weighted by molar-refractivity contribution is 0.607. The van der Waals surface area contributed by atoms with Crippen LogP contribution in [0.3, 0.4) is 0 Å². The van der Waals surface area contributed by atoms with Crippen LogP contribution in [0, 0.1) is 3.57 Å². The highest BCUT2D eigenvalue weighted by molar-refractivity contribution is 14.1. The van der Waals surface area contributed by atoms with Gasteiger partial charge in [-0.15, -0.1) is 0 Å². The number of benzene rings is 3. The standard InChI is InChI=1S/C25H21I/c1-25(2)23-6-4-3-5-21(23)22-12-10-19(15-24(22)25)16-7-8-18-14-20(26)11-9-17(18)13-16/h3,5,7-15H,4,6H2,1-2H3. The maximum Gasteiger partial charge on any atom is 0.0136 e. The Balaban J connectivity index is 1.64. The first-order valence-corrected chi connectivity index (χ1v) is 10.4. The predicted octanol–water partition coefficient (Wildman–Crippen LogP) is 7.51. The van der Waals surface area contributed by atoms with E-state index >= 15 is 0 Å². The van der Waals surface area contributed by atoms with Crippen molar-refractivity contribution in [3.63, 3.8) is 0 Å². The first-order valence-electron chi connectivity index (χ1n) is 9.29. The minimum Gasteiger partial charge on any atom is -0.0836 e. The van der Waals surface area contributed by atoms with Gasteiger partial charge in [0.1, 0.15) is 0 Å². The van der Waals surface area contributed by atoms with E-state index in [0.29, 0.717) is 0 Å². The normalized spacial score (nSPS) is 17.5. The molecule has 3 aromatic rings. The van der Waals surface area contributed by atoms with E-state index in [2.05, 4.69) is 103 Å². The predicted molar refractivity (Wildman–Crippen MR) is 120 cm³/mol. The van der Waals surface area contributed by atoms with Gasteiger partial charge in [-0.2, -0.15) is 0 Å². The summed E-state index contributed by atoms with van der Waals surface area (Å²) in [7, 11) is 0. The third kappa shape index (κ3) is 2.40. The summed E-state index contributed by atoms with van der Waals surface area (Å²) in [5.74, 6) is 0. The van der Waals surface area contributed by atoms with E-state index in [0.717, 1.165) is 0 Å². The Morgan fingerprint density at radius 3 is 2.46 bits per heavy atom. The third-order valence-corrected chi connectivity index (χ3v) is 6.71. The van der Waals surface area contributed by atoms with E-state index < -0.39 is 0 Å². The second kappa shape index (κ2) is 5.82. The number of allylic oxidation sites excluding steroid dienone is 4. The summed E-state index contributed by atoms with van der Waals surface area (Å²) in [5, 5.41) is 2.62. The van der Waals surface area contributed by atoms with Gasteiger partial charge in [0.2, 0.25) is 0 Å². The van der Waals surface area contributed by atoms with Crippen molar-refractivity contribution in [2.75, 3.05) is 0 Å². The number of hydrogen-bond donors (Lipinski definition) is 0. The molecule has 0 fully saturated rings. The molecule has 0 saturated heterocycles. The van der Waals surface area contributed by atoms with Crippen LogP contribution in [0.4, 0.5) is 0 Å². The molecule has 128 valence electrons. The Morgan fingerprint density at radius 2 is 1.58 bits per heavy atom. The molecule has 2 aliphatic carbocycles. The van der Waals surface area contributed by atoms with Gasteiger partial charge >= 0.3 is 0 Å². The molecule has 1 heteroatoms. The molecular weight excluding hydrogens is 427 g/mol. The van der Waals surface area contributed by atoms with Crippen molar-refractivity contribution in [3.8, 4) is 11.1 Å². The lowest BCUT2D eigenvalue weighted by Crippen LogP contribution is -2.17. The fraction of sp³-hybridized carbons (Fsp3) is 0.200. The van der Waals surface area contributed by atoms with Gasteiger partial charge in [-0.05, 0) is 98.3 Å². The highest BCUT2D eigenvalue weighted by Crippen LogP contribution is 2.50. The van der Waals surface area contributed by atoms with Gasteiger partial charge in [-0.25, -0.2) is 0 Å². The largest absolute Gasteiger partial charge is 0.0836 e. The van der Waals surface area contributed by atoms with Crippen molar-refractivity contribution >= 4 is 38.9 Å². The van der Waals surface area contributed by atoms with E-state index in [9.17, 15) is 0 Å². The Morgan fingerprint density at radius 1 is 0.846 bits per heavy atom. The van der Waals surface area contributed by atoms with Crippen molar-refractivity contribution in [1.29, 1.82) is 0 Å². The zero-order chi connectivity index (χ0) is 17.9. The molecule has 2 aliphatic rings. The van der Waals surface area contributed by atoms with Crippen molar-refractivity contribution < 1.29 is 0 Å². The fourth-order valence-corrected chi connectivity index (χ4v) is 5.12. The van der Waals surface area contributed by atoms with E-state index in [-0.39, 0.29) is 5.41 Å². The highest BCUT2D eigenvalue weighted by atomic mass is 127. The van der Waals surface area contributed by atoms with Gasteiger partial charge in [0.15, 0.2) is 0 Å². The summed E-state index contributed by atoms with van der Waals surface area (Å²) in [6.07, 6.45) is 7.02.